The van der Waals surface area contributed by atoms with Crippen molar-refractivity contribution in [2.45, 2.75) is 0 Å². The summed E-state index contributed by atoms with van der Waals surface area (Å²) < 4.78 is 4.53. The highest BCUT2D eigenvalue weighted by atomic mass is 79.9. The Labute approximate surface area is 90.6 Å². The first-order valence-corrected chi connectivity index (χ1v) is 4.99. The minimum atomic E-state index is -0.391. The maximum absolute atomic E-state index is 11.0. The van der Waals surface area contributed by atoms with Crippen LogP contribution in [-0.4, -0.2) is 23.4 Å². The third kappa shape index (κ3) is 2.86. The van der Waals surface area contributed by atoms with Gasteiger partial charge in [0.05, 0.1) is 18.0 Å². The number of pyridine rings is 1. The highest BCUT2D eigenvalue weighted by molar-refractivity contribution is 9.09. The van der Waals surface area contributed by atoms with Crippen molar-refractivity contribution in [2.24, 2.45) is 0 Å². The minimum Gasteiger partial charge on any atom is -0.465 e. The van der Waals surface area contributed by atoms with Crippen molar-refractivity contribution in [1.29, 1.82) is 0 Å². The Morgan fingerprint density at radius 3 is 2.93 bits per heavy atom. The summed E-state index contributed by atoms with van der Waals surface area (Å²) in [7, 11) is 1.33. The van der Waals surface area contributed by atoms with Gasteiger partial charge in [-0.15, -0.1) is 0 Å². The number of aromatic nitrogens is 1. The van der Waals surface area contributed by atoms with Gasteiger partial charge in [0.1, 0.15) is 5.69 Å². The Kier molecular flexibility index (Phi) is 4.14. The van der Waals surface area contributed by atoms with E-state index in [-0.39, 0.29) is 0 Å². The highest BCUT2D eigenvalue weighted by Gasteiger charge is 2.03. The smallest absolute Gasteiger partial charge is 0.339 e. The number of ether oxygens (including phenoxy) is 1. The highest BCUT2D eigenvalue weighted by Crippen LogP contribution is 2.00. The molecule has 0 aliphatic heterocycles. The lowest BCUT2D eigenvalue weighted by atomic mass is 10.2. The van der Waals surface area contributed by atoms with Crippen LogP contribution in [0.4, 0.5) is 0 Å². The molecule has 0 aliphatic carbocycles. The molecule has 0 fully saturated rings. The summed E-state index contributed by atoms with van der Waals surface area (Å²) in [6.07, 6.45) is 1.45. The number of esters is 1. The van der Waals surface area contributed by atoms with E-state index in [1.165, 1.54) is 13.3 Å². The molecule has 0 N–H and O–H groups in total. The SMILES string of the molecule is COC(=O)c1ccc(C#CCBr)nc1. The maximum Gasteiger partial charge on any atom is 0.339 e. The lowest BCUT2D eigenvalue weighted by molar-refractivity contribution is 0.0600. The van der Waals surface area contributed by atoms with Crippen LogP contribution in [0.5, 0.6) is 0 Å². The monoisotopic (exact) mass is 253 g/mol. The summed E-state index contributed by atoms with van der Waals surface area (Å²) in [4.78, 5) is 15.0. The number of carbonyl (C=O) groups excluding carboxylic acids is 1. The number of halogens is 1. The van der Waals surface area contributed by atoms with E-state index in [0.717, 1.165) is 0 Å². The van der Waals surface area contributed by atoms with Crippen LogP contribution in [0.1, 0.15) is 16.1 Å². The average molecular weight is 254 g/mol. The summed E-state index contributed by atoms with van der Waals surface area (Å²) in [5.74, 6) is 5.24. The first-order valence-electron chi connectivity index (χ1n) is 3.87. The molecule has 1 rings (SSSR count). The van der Waals surface area contributed by atoms with E-state index in [0.29, 0.717) is 16.6 Å². The van der Waals surface area contributed by atoms with Gasteiger partial charge in [0.25, 0.3) is 0 Å². The third-order valence-electron chi connectivity index (χ3n) is 1.47. The van der Waals surface area contributed by atoms with Gasteiger partial charge in [-0.25, -0.2) is 9.78 Å². The predicted molar refractivity (Wildman–Crippen MR) is 56.2 cm³/mol. The van der Waals surface area contributed by atoms with Crippen LogP contribution < -0.4 is 0 Å². The summed E-state index contributed by atoms with van der Waals surface area (Å²) in [6, 6.07) is 3.32. The quantitative estimate of drug-likeness (QED) is 0.434. The predicted octanol–water partition coefficient (Wildman–Crippen LogP) is 1.61. The van der Waals surface area contributed by atoms with Crippen molar-refractivity contribution in [3.05, 3.63) is 29.6 Å². The van der Waals surface area contributed by atoms with Crippen LogP contribution >= 0.6 is 15.9 Å². The molecule has 0 atom stereocenters. The number of rotatable bonds is 1. The van der Waals surface area contributed by atoms with Crippen molar-refractivity contribution in [3.8, 4) is 11.8 Å². The van der Waals surface area contributed by atoms with Gasteiger partial charge in [-0.2, -0.15) is 0 Å². The fourth-order valence-electron chi connectivity index (χ4n) is 0.830. The molecule has 1 heterocycles. The van der Waals surface area contributed by atoms with E-state index in [2.05, 4.69) is 37.5 Å². The first-order chi connectivity index (χ1) is 6.77. The molecule has 1 aromatic rings. The number of hydrogen-bond donors (Lipinski definition) is 0. The van der Waals surface area contributed by atoms with Crippen LogP contribution in [0.2, 0.25) is 0 Å². The van der Waals surface area contributed by atoms with Gasteiger partial charge in [-0.05, 0) is 18.1 Å². The van der Waals surface area contributed by atoms with Crippen LogP contribution in [0.15, 0.2) is 18.3 Å². The number of hydrogen-bond acceptors (Lipinski definition) is 3. The summed E-state index contributed by atoms with van der Waals surface area (Å²) >= 11 is 3.18. The molecule has 3 nitrogen and oxygen atoms in total. The molecule has 14 heavy (non-hydrogen) atoms. The van der Waals surface area contributed by atoms with Gasteiger partial charge in [0, 0.05) is 6.20 Å². The lowest BCUT2D eigenvalue weighted by Crippen LogP contribution is -2.01. The molecule has 0 unspecified atom stereocenters. The summed E-state index contributed by atoms with van der Waals surface area (Å²) in [5.41, 5.74) is 1.06. The molecule has 0 radical (unpaired) electrons. The molecule has 4 heteroatoms. The van der Waals surface area contributed by atoms with Crippen molar-refractivity contribution < 1.29 is 9.53 Å². The topological polar surface area (TPSA) is 39.2 Å². The molecule has 0 aliphatic rings. The number of nitrogens with zero attached hydrogens (tertiary/aromatic N) is 1. The van der Waals surface area contributed by atoms with Crippen LogP contribution in [0.3, 0.4) is 0 Å². The zero-order valence-corrected chi connectivity index (χ0v) is 9.17. The maximum atomic E-state index is 11.0. The molecular formula is C10H8BrNO2. The molecular weight excluding hydrogens is 246 g/mol. The number of carbonyl (C=O) groups is 1. The van der Waals surface area contributed by atoms with Gasteiger partial charge in [0.15, 0.2) is 0 Å². The number of methoxy groups -OCH3 is 1. The van der Waals surface area contributed by atoms with Crippen molar-refractivity contribution in [3.63, 3.8) is 0 Å². The van der Waals surface area contributed by atoms with Crippen molar-refractivity contribution in [2.75, 3.05) is 12.4 Å². The summed E-state index contributed by atoms with van der Waals surface area (Å²) in [6.45, 7) is 0. The van der Waals surface area contributed by atoms with Gasteiger partial charge in [0.2, 0.25) is 0 Å². The lowest BCUT2D eigenvalue weighted by Gasteiger charge is -1.97. The fraction of sp³-hybridized carbons (Fsp3) is 0.200. The van der Waals surface area contributed by atoms with Gasteiger partial charge in [-0.3, -0.25) is 0 Å². The Bertz CT molecular complexity index is 375. The van der Waals surface area contributed by atoms with E-state index < -0.39 is 5.97 Å². The van der Waals surface area contributed by atoms with Crippen LogP contribution in [-0.2, 0) is 4.74 Å². The van der Waals surface area contributed by atoms with Crippen LogP contribution in [0.25, 0.3) is 0 Å². The first kappa shape index (κ1) is 10.7. The van der Waals surface area contributed by atoms with E-state index in [9.17, 15) is 4.79 Å². The fourth-order valence-corrected chi connectivity index (χ4v) is 0.971. The van der Waals surface area contributed by atoms with E-state index >= 15 is 0 Å². The molecule has 0 saturated heterocycles. The Morgan fingerprint density at radius 2 is 2.43 bits per heavy atom. The van der Waals surface area contributed by atoms with Gasteiger partial charge >= 0.3 is 5.97 Å². The normalized spacial score (nSPS) is 8.71. The Hall–Kier alpha value is -1.34. The Morgan fingerprint density at radius 1 is 1.64 bits per heavy atom. The molecule has 0 bridgehead atoms. The molecule has 0 amide bonds. The molecule has 72 valence electrons. The average Bonchev–Trinajstić information content (AvgIpc) is 2.26. The summed E-state index contributed by atoms with van der Waals surface area (Å²) in [5, 5.41) is 0.605. The van der Waals surface area contributed by atoms with Gasteiger partial charge < -0.3 is 4.74 Å². The zero-order valence-electron chi connectivity index (χ0n) is 7.58. The second-order valence-electron chi connectivity index (χ2n) is 2.36. The van der Waals surface area contributed by atoms with E-state index in [1.54, 1.807) is 12.1 Å². The molecule has 1 aromatic heterocycles. The second-order valence-corrected chi connectivity index (χ2v) is 2.92. The largest absolute Gasteiger partial charge is 0.465 e. The van der Waals surface area contributed by atoms with E-state index in [1.807, 2.05) is 0 Å². The van der Waals surface area contributed by atoms with Gasteiger partial charge in [-0.1, -0.05) is 21.9 Å². The standard InChI is InChI=1S/C10H8BrNO2/c1-14-10(13)8-4-5-9(12-7-8)3-2-6-11/h4-5,7H,6H2,1H3. The molecule has 0 spiro atoms. The van der Waals surface area contributed by atoms with Crippen molar-refractivity contribution >= 4 is 21.9 Å². The number of alkyl halides is 1. The second kappa shape index (κ2) is 5.40. The minimum absolute atomic E-state index is 0.391. The van der Waals surface area contributed by atoms with Crippen LogP contribution in [0, 0.1) is 11.8 Å². The van der Waals surface area contributed by atoms with E-state index in [4.69, 9.17) is 0 Å². The van der Waals surface area contributed by atoms with Crippen molar-refractivity contribution in [1.82, 2.24) is 4.98 Å². The Balaban J connectivity index is 2.83. The zero-order chi connectivity index (χ0) is 10.4. The molecule has 0 saturated carbocycles. The molecule has 0 aromatic carbocycles. The third-order valence-corrected chi connectivity index (χ3v) is 1.75.